The van der Waals surface area contributed by atoms with E-state index in [1.54, 1.807) is 10.8 Å². The second kappa shape index (κ2) is 6.06. The summed E-state index contributed by atoms with van der Waals surface area (Å²) in [6.07, 6.45) is 0.620. The fourth-order valence-electron chi connectivity index (χ4n) is 2.87. The van der Waals surface area contributed by atoms with Gasteiger partial charge in [0, 0.05) is 12.3 Å². The van der Waals surface area contributed by atoms with Crippen LogP contribution in [-0.4, -0.2) is 51.1 Å². The molecule has 0 N–H and O–H groups in total. The predicted molar refractivity (Wildman–Crippen MR) is 94.3 cm³/mol. The zero-order valence-electron chi connectivity index (χ0n) is 15.1. The highest BCUT2D eigenvalue weighted by atomic mass is 28.4. The number of nitrogens with zero attached hydrogens (tertiary/aromatic N) is 2. The molecule has 3 rings (SSSR count). The summed E-state index contributed by atoms with van der Waals surface area (Å²) in [6, 6.07) is 1.71. The van der Waals surface area contributed by atoms with E-state index >= 15 is 0 Å². The highest BCUT2D eigenvalue weighted by molar-refractivity contribution is 6.70. The number of hydrogen-bond acceptors (Lipinski definition) is 6. The van der Waals surface area contributed by atoms with Crippen molar-refractivity contribution in [1.82, 2.24) is 9.55 Å². The van der Waals surface area contributed by atoms with Crippen molar-refractivity contribution in [3.63, 3.8) is 0 Å². The fraction of sp³-hybridized carbons (Fsp3) is 0.733. The molecule has 1 fully saturated rings. The number of fused-ring (bicyclic) bond motifs is 3. The molecule has 0 radical (unpaired) electrons. The second-order valence-electron chi connectivity index (χ2n) is 8.22. The summed E-state index contributed by atoms with van der Waals surface area (Å²) in [5.41, 5.74) is -0.317. The molecule has 9 heteroatoms. The number of aromatic nitrogens is 2. The zero-order valence-corrected chi connectivity index (χ0v) is 17.1. The van der Waals surface area contributed by atoms with Crippen molar-refractivity contribution >= 4 is 16.6 Å². The Hall–Kier alpha value is -1.01. The van der Waals surface area contributed by atoms with Gasteiger partial charge in [-0.25, -0.2) is 0 Å². The quantitative estimate of drug-likeness (QED) is 0.738. The molecule has 4 atom stereocenters. The summed E-state index contributed by atoms with van der Waals surface area (Å²) in [5, 5.41) is 0. The highest BCUT2D eigenvalue weighted by Gasteiger charge is 2.53. The van der Waals surface area contributed by atoms with Crippen LogP contribution in [0.4, 0.5) is 0 Å². The SMILES string of the molecule is C[Si](C)(C)OC[C@H]1O[C@@H]2[C@@H](Oc3nc(=O)ccn32)[C@@H]1O[Si](C)(C)C. The summed E-state index contributed by atoms with van der Waals surface area (Å²) >= 11 is 0. The third-order valence-electron chi connectivity index (χ3n) is 3.78. The molecule has 1 aromatic heterocycles. The van der Waals surface area contributed by atoms with Gasteiger partial charge in [-0.2, -0.15) is 4.98 Å². The molecular formula is C15H26N2O5Si2. The molecule has 0 amide bonds. The number of rotatable bonds is 5. The summed E-state index contributed by atoms with van der Waals surface area (Å²) < 4.78 is 26.3. The molecule has 3 heterocycles. The van der Waals surface area contributed by atoms with Crippen LogP contribution in [0.3, 0.4) is 0 Å². The van der Waals surface area contributed by atoms with Crippen LogP contribution in [0, 0.1) is 0 Å². The molecule has 2 aliphatic heterocycles. The van der Waals surface area contributed by atoms with Crippen molar-refractivity contribution < 1.29 is 18.3 Å². The van der Waals surface area contributed by atoms with E-state index in [-0.39, 0.29) is 30.1 Å². The fourth-order valence-corrected chi connectivity index (χ4v) is 4.64. The third kappa shape index (κ3) is 3.80. The Labute approximate surface area is 144 Å². The molecule has 134 valence electrons. The molecule has 0 unspecified atom stereocenters. The number of hydrogen-bond donors (Lipinski definition) is 0. The Kier molecular flexibility index (Phi) is 4.50. The van der Waals surface area contributed by atoms with Gasteiger partial charge in [0.2, 0.25) is 0 Å². The van der Waals surface area contributed by atoms with Crippen molar-refractivity contribution in [2.75, 3.05) is 6.61 Å². The molecule has 0 bridgehead atoms. The first kappa shape index (κ1) is 17.8. The van der Waals surface area contributed by atoms with E-state index in [2.05, 4.69) is 44.3 Å². The lowest BCUT2D eigenvalue weighted by atomic mass is 10.1. The van der Waals surface area contributed by atoms with Crippen LogP contribution in [0.2, 0.25) is 39.3 Å². The Morgan fingerprint density at radius 3 is 2.54 bits per heavy atom. The first-order valence-electron chi connectivity index (χ1n) is 8.27. The van der Waals surface area contributed by atoms with Crippen LogP contribution in [0.25, 0.3) is 0 Å². The Balaban J connectivity index is 1.84. The maximum absolute atomic E-state index is 11.5. The predicted octanol–water partition coefficient (Wildman–Crippen LogP) is 1.97. The van der Waals surface area contributed by atoms with Crippen LogP contribution >= 0.6 is 0 Å². The summed E-state index contributed by atoms with van der Waals surface area (Å²) in [7, 11) is -3.46. The first-order chi connectivity index (χ1) is 11.0. The van der Waals surface area contributed by atoms with Gasteiger partial charge in [0.1, 0.15) is 12.2 Å². The summed E-state index contributed by atoms with van der Waals surface area (Å²) in [6.45, 7) is 13.4. The van der Waals surface area contributed by atoms with E-state index in [1.807, 2.05) is 0 Å². The Morgan fingerprint density at radius 1 is 1.21 bits per heavy atom. The van der Waals surface area contributed by atoms with Crippen molar-refractivity contribution in [2.24, 2.45) is 0 Å². The van der Waals surface area contributed by atoms with Gasteiger partial charge in [-0.3, -0.25) is 9.36 Å². The Bertz CT molecular complexity index is 667. The lowest BCUT2D eigenvalue weighted by Crippen LogP contribution is -2.46. The molecular weight excluding hydrogens is 344 g/mol. The molecule has 0 saturated carbocycles. The van der Waals surface area contributed by atoms with Crippen LogP contribution in [0.15, 0.2) is 17.1 Å². The van der Waals surface area contributed by atoms with Gasteiger partial charge >= 0.3 is 6.01 Å². The van der Waals surface area contributed by atoms with Crippen LogP contribution in [0.5, 0.6) is 6.01 Å². The van der Waals surface area contributed by atoms with Crippen molar-refractivity contribution in [1.29, 1.82) is 0 Å². The van der Waals surface area contributed by atoms with Crippen LogP contribution < -0.4 is 10.3 Å². The molecule has 2 aliphatic rings. The lowest BCUT2D eigenvalue weighted by Gasteiger charge is -2.30. The maximum atomic E-state index is 11.5. The van der Waals surface area contributed by atoms with E-state index in [9.17, 15) is 4.79 Å². The van der Waals surface area contributed by atoms with Gasteiger partial charge in [-0.1, -0.05) is 0 Å². The largest absolute Gasteiger partial charge is 0.454 e. The molecule has 0 aliphatic carbocycles. The average Bonchev–Trinajstić information content (AvgIpc) is 2.91. The topological polar surface area (TPSA) is 71.8 Å². The first-order valence-corrected chi connectivity index (χ1v) is 15.1. The van der Waals surface area contributed by atoms with E-state index in [0.29, 0.717) is 12.6 Å². The third-order valence-corrected chi connectivity index (χ3v) is 5.79. The Morgan fingerprint density at radius 2 is 1.92 bits per heavy atom. The molecule has 24 heavy (non-hydrogen) atoms. The minimum atomic E-state index is -1.81. The van der Waals surface area contributed by atoms with Gasteiger partial charge in [0.15, 0.2) is 29.0 Å². The highest BCUT2D eigenvalue weighted by Crippen LogP contribution is 2.41. The van der Waals surface area contributed by atoms with E-state index in [4.69, 9.17) is 18.3 Å². The maximum Gasteiger partial charge on any atom is 0.302 e. The van der Waals surface area contributed by atoms with Crippen molar-refractivity contribution in [2.45, 2.75) is 63.8 Å². The summed E-state index contributed by atoms with van der Waals surface area (Å²) in [5.74, 6) is 0. The normalized spacial score (nSPS) is 29.2. The summed E-state index contributed by atoms with van der Waals surface area (Å²) in [4.78, 5) is 15.4. The standard InChI is InChI=1S/C15H26N2O5Si2/c1-23(2,3)19-9-10-12(22-24(4,5)6)13-14(20-10)17-8-7-11(18)16-15(17)21-13/h7-8,10,12-14H,9H2,1-6H3/t10-,12-,13+,14-/m1/s1. The minimum absolute atomic E-state index is 0.189. The van der Waals surface area contributed by atoms with Gasteiger partial charge in [-0.05, 0) is 39.3 Å². The van der Waals surface area contributed by atoms with Crippen molar-refractivity contribution in [3.8, 4) is 6.01 Å². The zero-order chi connectivity index (χ0) is 17.7. The van der Waals surface area contributed by atoms with Crippen LogP contribution in [-0.2, 0) is 13.6 Å². The van der Waals surface area contributed by atoms with Gasteiger partial charge < -0.3 is 18.3 Å². The van der Waals surface area contributed by atoms with E-state index in [1.165, 1.54) is 6.07 Å². The molecule has 1 aromatic rings. The minimum Gasteiger partial charge on any atom is -0.454 e. The second-order valence-corrected chi connectivity index (χ2v) is 17.2. The molecule has 0 aromatic carbocycles. The van der Waals surface area contributed by atoms with Crippen molar-refractivity contribution in [3.05, 3.63) is 22.6 Å². The van der Waals surface area contributed by atoms with Crippen LogP contribution in [0.1, 0.15) is 6.23 Å². The van der Waals surface area contributed by atoms with E-state index in [0.717, 1.165) is 0 Å². The smallest absolute Gasteiger partial charge is 0.302 e. The monoisotopic (exact) mass is 370 g/mol. The lowest BCUT2D eigenvalue weighted by molar-refractivity contribution is -0.0368. The molecule has 7 nitrogen and oxygen atoms in total. The van der Waals surface area contributed by atoms with Gasteiger partial charge in [0.05, 0.1) is 6.61 Å². The average molecular weight is 371 g/mol. The molecule has 0 spiro atoms. The van der Waals surface area contributed by atoms with E-state index < -0.39 is 16.6 Å². The van der Waals surface area contributed by atoms with Gasteiger partial charge in [-0.15, -0.1) is 0 Å². The molecule has 1 saturated heterocycles. The number of ether oxygens (including phenoxy) is 2. The van der Waals surface area contributed by atoms with Gasteiger partial charge in [0.25, 0.3) is 5.56 Å².